The molecule has 2 fully saturated rings. The molecule has 5 unspecified atom stereocenters. The van der Waals surface area contributed by atoms with Gasteiger partial charge in [-0.25, -0.2) is 0 Å². The monoisotopic (exact) mass is 268 g/mol. The SMILES string of the molecule is CC(C)CC(C)CC(C)CC(C)[C@@H]1OC2OC2[C@@H]1C. The first kappa shape index (κ1) is 15.3. The van der Waals surface area contributed by atoms with E-state index < -0.39 is 0 Å². The topological polar surface area (TPSA) is 21.8 Å². The molecule has 2 saturated heterocycles. The molecule has 2 aliphatic rings. The van der Waals surface area contributed by atoms with E-state index in [1.807, 2.05) is 0 Å². The molecular weight excluding hydrogens is 236 g/mol. The quantitative estimate of drug-likeness (QED) is 0.635. The van der Waals surface area contributed by atoms with Gasteiger partial charge in [-0.3, -0.25) is 0 Å². The Bertz CT molecular complexity index is 289. The molecule has 2 heteroatoms. The number of epoxide rings is 1. The third-order valence-corrected chi connectivity index (χ3v) is 4.82. The van der Waals surface area contributed by atoms with Gasteiger partial charge < -0.3 is 9.47 Å². The van der Waals surface area contributed by atoms with Crippen LogP contribution in [0.15, 0.2) is 0 Å². The van der Waals surface area contributed by atoms with Crippen LogP contribution in [0.5, 0.6) is 0 Å². The molecule has 0 aromatic heterocycles. The van der Waals surface area contributed by atoms with Crippen molar-refractivity contribution in [2.24, 2.45) is 29.6 Å². The number of ether oxygens (including phenoxy) is 2. The van der Waals surface area contributed by atoms with Gasteiger partial charge in [0.15, 0.2) is 6.29 Å². The fraction of sp³-hybridized carbons (Fsp3) is 1.00. The van der Waals surface area contributed by atoms with Crippen molar-refractivity contribution >= 4 is 0 Å². The molecule has 2 heterocycles. The van der Waals surface area contributed by atoms with E-state index in [4.69, 9.17) is 9.47 Å². The van der Waals surface area contributed by atoms with Crippen molar-refractivity contribution in [2.45, 2.75) is 79.3 Å². The van der Waals surface area contributed by atoms with Crippen molar-refractivity contribution in [3.63, 3.8) is 0 Å². The summed E-state index contributed by atoms with van der Waals surface area (Å²) >= 11 is 0. The van der Waals surface area contributed by atoms with Gasteiger partial charge in [0.05, 0.1) is 6.10 Å². The van der Waals surface area contributed by atoms with Crippen molar-refractivity contribution in [1.29, 1.82) is 0 Å². The molecule has 0 amide bonds. The van der Waals surface area contributed by atoms with E-state index in [1.54, 1.807) is 0 Å². The molecule has 19 heavy (non-hydrogen) atoms. The van der Waals surface area contributed by atoms with Crippen molar-refractivity contribution in [3.05, 3.63) is 0 Å². The molecule has 2 aliphatic heterocycles. The van der Waals surface area contributed by atoms with Crippen LogP contribution in [-0.2, 0) is 9.47 Å². The Morgan fingerprint density at radius 1 is 0.842 bits per heavy atom. The minimum absolute atomic E-state index is 0.137. The van der Waals surface area contributed by atoms with Crippen LogP contribution in [0, 0.1) is 29.6 Å². The Morgan fingerprint density at radius 3 is 2.00 bits per heavy atom. The maximum Gasteiger partial charge on any atom is 0.185 e. The highest BCUT2D eigenvalue weighted by Gasteiger charge is 2.56. The predicted octanol–water partition coefficient (Wildman–Crippen LogP) is 4.48. The molecule has 0 aliphatic carbocycles. The highest BCUT2D eigenvalue weighted by Crippen LogP contribution is 2.45. The molecule has 2 nitrogen and oxygen atoms in total. The van der Waals surface area contributed by atoms with Crippen molar-refractivity contribution in [2.75, 3.05) is 0 Å². The summed E-state index contributed by atoms with van der Waals surface area (Å²) in [6, 6.07) is 0. The summed E-state index contributed by atoms with van der Waals surface area (Å²) in [4.78, 5) is 0. The maximum atomic E-state index is 5.96. The van der Waals surface area contributed by atoms with Crippen molar-refractivity contribution in [3.8, 4) is 0 Å². The lowest BCUT2D eigenvalue weighted by atomic mass is 9.82. The van der Waals surface area contributed by atoms with Crippen LogP contribution in [-0.4, -0.2) is 18.5 Å². The standard InChI is InChI=1S/C17H32O2/c1-10(2)7-11(3)8-12(4)9-13(5)15-14(6)16-17(18-15)19-16/h10-17H,7-9H2,1-6H3/t11?,12?,13?,14-,15+,16?,17?/m1/s1. The van der Waals surface area contributed by atoms with Gasteiger partial charge in [0.2, 0.25) is 0 Å². The average molecular weight is 268 g/mol. The third-order valence-electron chi connectivity index (χ3n) is 4.82. The fourth-order valence-electron chi connectivity index (χ4n) is 4.16. The van der Waals surface area contributed by atoms with Crippen LogP contribution < -0.4 is 0 Å². The first-order valence-electron chi connectivity index (χ1n) is 8.19. The summed E-state index contributed by atoms with van der Waals surface area (Å²) in [7, 11) is 0. The number of hydrogen-bond acceptors (Lipinski definition) is 2. The second kappa shape index (κ2) is 6.13. The molecule has 7 atom stereocenters. The lowest BCUT2D eigenvalue weighted by molar-refractivity contribution is -0.0615. The lowest BCUT2D eigenvalue weighted by Gasteiger charge is -2.28. The van der Waals surface area contributed by atoms with E-state index in [0.717, 1.165) is 17.8 Å². The van der Waals surface area contributed by atoms with Gasteiger partial charge in [0.25, 0.3) is 0 Å². The van der Waals surface area contributed by atoms with Crippen LogP contribution in [0.3, 0.4) is 0 Å². The molecule has 0 aromatic carbocycles. The molecule has 0 spiro atoms. The van der Waals surface area contributed by atoms with Crippen LogP contribution in [0.4, 0.5) is 0 Å². The summed E-state index contributed by atoms with van der Waals surface area (Å²) in [6.07, 6.45) is 4.96. The molecule has 0 aromatic rings. The average Bonchev–Trinajstić information content (AvgIpc) is 2.96. The number of rotatable bonds is 7. The van der Waals surface area contributed by atoms with Crippen LogP contribution >= 0.6 is 0 Å². The Morgan fingerprint density at radius 2 is 1.47 bits per heavy atom. The zero-order valence-electron chi connectivity index (χ0n) is 13.6. The first-order chi connectivity index (χ1) is 8.88. The highest BCUT2D eigenvalue weighted by atomic mass is 16.8. The van der Waals surface area contributed by atoms with Gasteiger partial charge in [0.1, 0.15) is 6.10 Å². The Hall–Kier alpha value is -0.0800. The van der Waals surface area contributed by atoms with Crippen molar-refractivity contribution in [1.82, 2.24) is 0 Å². The smallest absolute Gasteiger partial charge is 0.185 e. The summed E-state index contributed by atoms with van der Waals surface area (Å²) in [5.74, 6) is 3.72. The highest BCUT2D eigenvalue weighted by molar-refractivity contribution is 4.96. The Labute approximate surface area is 119 Å². The largest absolute Gasteiger partial charge is 0.346 e. The molecule has 0 bridgehead atoms. The molecule has 0 saturated carbocycles. The van der Waals surface area contributed by atoms with Crippen LogP contribution in [0.2, 0.25) is 0 Å². The Kier molecular flexibility index (Phi) is 4.94. The van der Waals surface area contributed by atoms with Gasteiger partial charge in [-0.15, -0.1) is 0 Å². The summed E-state index contributed by atoms with van der Waals surface area (Å²) < 4.78 is 11.4. The van der Waals surface area contributed by atoms with Crippen LogP contribution in [0.25, 0.3) is 0 Å². The van der Waals surface area contributed by atoms with E-state index in [1.165, 1.54) is 19.3 Å². The van der Waals surface area contributed by atoms with E-state index in [9.17, 15) is 0 Å². The summed E-state index contributed by atoms with van der Waals surface area (Å²) in [5, 5.41) is 0. The van der Waals surface area contributed by atoms with Crippen molar-refractivity contribution < 1.29 is 9.47 Å². The summed E-state index contributed by atoms with van der Waals surface area (Å²) in [5.41, 5.74) is 0. The van der Waals surface area contributed by atoms with E-state index in [2.05, 4.69) is 41.5 Å². The maximum absolute atomic E-state index is 5.96. The van der Waals surface area contributed by atoms with Gasteiger partial charge in [-0.05, 0) is 42.9 Å². The molecule has 2 rings (SSSR count). The lowest BCUT2D eigenvalue weighted by Crippen LogP contribution is -2.28. The number of fused-ring (bicyclic) bond motifs is 1. The molecule has 0 N–H and O–H groups in total. The zero-order valence-corrected chi connectivity index (χ0v) is 13.6. The van der Waals surface area contributed by atoms with E-state index in [0.29, 0.717) is 24.0 Å². The van der Waals surface area contributed by atoms with Gasteiger partial charge >= 0.3 is 0 Å². The molecule has 0 radical (unpaired) electrons. The summed E-state index contributed by atoms with van der Waals surface area (Å²) in [6.45, 7) is 14.1. The van der Waals surface area contributed by atoms with Gasteiger partial charge in [0, 0.05) is 5.92 Å². The number of hydrogen-bond donors (Lipinski definition) is 0. The molecular formula is C17H32O2. The predicted molar refractivity (Wildman–Crippen MR) is 78.9 cm³/mol. The minimum Gasteiger partial charge on any atom is -0.346 e. The zero-order chi connectivity index (χ0) is 14.2. The molecule has 112 valence electrons. The van der Waals surface area contributed by atoms with Gasteiger partial charge in [-0.1, -0.05) is 41.5 Å². The normalized spacial score (nSPS) is 38.1. The Balaban J connectivity index is 1.71. The fourth-order valence-corrected chi connectivity index (χ4v) is 4.16. The van der Waals surface area contributed by atoms with E-state index >= 15 is 0 Å². The van der Waals surface area contributed by atoms with E-state index in [-0.39, 0.29) is 6.29 Å². The first-order valence-corrected chi connectivity index (χ1v) is 8.19. The third kappa shape index (κ3) is 3.95. The second-order valence-corrected chi connectivity index (χ2v) is 7.72. The van der Waals surface area contributed by atoms with Crippen LogP contribution in [0.1, 0.15) is 60.8 Å². The second-order valence-electron chi connectivity index (χ2n) is 7.72. The van der Waals surface area contributed by atoms with Gasteiger partial charge in [-0.2, -0.15) is 0 Å². The minimum atomic E-state index is 0.137.